The number of hydrogen-bond acceptors (Lipinski definition) is 3. The Kier molecular flexibility index (Phi) is 6.97. The van der Waals surface area contributed by atoms with E-state index in [1.807, 2.05) is 0 Å². The monoisotopic (exact) mass is 415 g/mol. The minimum Gasteiger partial charge on any atom is -0.481 e. The first-order chi connectivity index (χ1) is 12.5. The fourth-order valence-electron chi connectivity index (χ4n) is 2.19. The van der Waals surface area contributed by atoms with Crippen molar-refractivity contribution in [2.45, 2.75) is 45.1 Å². The van der Waals surface area contributed by atoms with Crippen molar-refractivity contribution in [3.05, 3.63) is 34.9 Å². The second kappa shape index (κ2) is 8.27. The van der Waals surface area contributed by atoms with E-state index in [1.165, 1.54) is 0 Å². The van der Waals surface area contributed by atoms with E-state index in [0.29, 0.717) is 12.1 Å². The highest BCUT2D eigenvalue weighted by atomic mass is 19.4. The first-order valence-electron chi connectivity index (χ1n) is 7.97. The summed E-state index contributed by atoms with van der Waals surface area (Å²) in [5.41, 5.74) is -4.42. The zero-order chi connectivity index (χ0) is 21.9. The molecule has 1 unspecified atom stereocenters. The van der Waals surface area contributed by atoms with Gasteiger partial charge < -0.3 is 15.2 Å². The van der Waals surface area contributed by atoms with E-state index in [9.17, 15) is 41.0 Å². The van der Waals surface area contributed by atoms with Crippen molar-refractivity contribution >= 4 is 12.1 Å². The molecule has 0 aliphatic rings. The molecule has 0 bridgehead atoms. The van der Waals surface area contributed by atoms with E-state index >= 15 is 0 Å². The van der Waals surface area contributed by atoms with Gasteiger partial charge in [0.2, 0.25) is 0 Å². The fraction of sp³-hybridized carbons (Fsp3) is 0.529. The smallest absolute Gasteiger partial charge is 0.416 e. The summed E-state index contributed by atoms with van der Waals surface area (Å²) >= 11 is 0. The summed E-state index contributed by atoms with van der Waals surface area (Å²) in [7, 11) is 0. The quantitative estimate of drug-likeness (QED) is 0.695. The molecular weight excluding hydrogens is 396 g/mol. The van der Waals surface area contributed by atoms with Crippen molar-refractivity contribution < 1.29 is 45.8 Å². The van der Waals surface area contributed by atoms with Gasteiger partial charge in [0.05, 0.1) is 17.0 Å². The Bertz CT molecular complexity index is 690. The van der Waals surface area contributed by atoms with Crippen LogP contribution < -0.4 is 5.32 Å². The van der Waals surface area contributed by atoms with Gasteiger partial charge in [-0.1, -0.05) is 0 Å². The number of nitrogens with one attached hydrogen (secondary N) is 1. The highest BCUT2D eigenvalue weighted by Crippen LogP contribution is 2.36. The number of aliphatic carboxylic acids is 1. The molecule has 0 spiro atoms. The van der Waals surface area contributed by atoms with Crippen LogP contribution in [0.2, 0.25) is 0 Å². The number of benzene rings is 1. The van der Waals surface area contributed by atoms with Gasteiger partial charge in [0.1, 0.15) is 5.60 Å². The summed E-state index contributed by atoms with van der Waals surface area (Å²) in [6, 6.07) is 0.871. The van der Waals surface area contributed by atoms with Gasteiger partial charge in [-0.15, -0.1) is 0 Å². The summed E-state index contributed by atoms with van der Waals surface area (Å²) in [5.74, 6) is -2.96. The molecule has 0 aliphatic carbocycles. The van der Waals surface area contributed by atoms with E-state index in [2.05, 4.69) is 5.32 Å². The Morgan fingerprint density at radius 3 is 1.82 bits per heavy atom. The molecule has 0 saturated carbocycles. The van der Waals surface area contributed by atoms with Crippen molar-refractivity contribution in [1.82, 2.24) is 5.32 Å². The molecule has 1 rings (SSSR count). The molecule has 0 saturated heterocycles. The minimum atomic E-state index is -5.04. The van der Waals surface area contributed by atoms with Crippen molar-refractivity contribution in [2.75, 3.05) is 6.54 Å². The van der Waals surface area contributed by atoms with E-state index < -0.39 is 65.6 Å². The van der Waals surface area contributed by atoms with Crippen LogP contribution >= 0.6 is 0 Å². The average molecular weight is 415 g/mol. The van der Waals surface area contributed by atoms with Crippen LogP contribution in [0.1, 0.15) is 37.5 Å². The van der Waals surface area contributed by atoms with E-state index in [1.54, 1.807) is 20.8 Å². The maximum atomic E-state index is 12.9. The Morgan fingerprint density at radius 1 is 1.00 bits per heavy atom. The molecule has 0 heterocycles. The maximum Gasteiger partial charge on any atom is 0.416 e. The lowest BCUT2D eigenvalue weighted by atomic mass is 9.95. The van der Waals surface area contributed by atoms with Gasteiger partial charge in [-0.25, -0.2) is 4.79 Å². The summed E-state index contributed by atoms with van der Waals surface area (Å²) in [4.78, 5) is 22.9. The van der Waals surface area contributed by atoms with Crippen LogP contribution in [0.4, 0.5) is 31.1 Å². The molecule has 1 atom stereocenters. The number of alkyl carbamates (subject to hydrolysis) is 1. The molecule has 28 heavy (non-hydrogen) atoms. The minimum absolute atomic E-state index is 0.0434. The summed E-state index contributed by atoms with van der Waals surface area (Å²) in [6.07, 6.45) is -11.7. The molecule has 1 amide bonds. The molecular formula is C17H19F6NO4. The first kappa shape index (κ1) is 23.6. The van der Waals surface area contributed by atoms with E-state index in [4.69, 9.17) is 4.74 Å². The molecule has 0 aliphatic heterocycles. The zero-order valence-electron chi connectivity index (χ0n) is 15.2. The van der Waals surface area contributed by atoms with Gasteiger partial charge in [-0.2, -0.15) is 26.3 Å². The number of amides is 1. The highest BCUT2D eigenvalue weighted by Gasteiger charge is 2.37. The SMILES string of the molecule is CC(C)(C)OC(=O)NCC(Cc1cc(C(F)(F)F)cc(C(F)(F)F)c1)C(=O)O. The lowest BCUT2D eigenvalue weighted by Gasteiger charge is -2.21. The second-order valence-corrected chi connectivity index (χ2v) is 7.04. The first-order valence-corrected chi connectivity index (χ1v) is 7.97. The van der Waals surface area contributed by atoms with Crippen LogP contribution in [0.15, 0.2) is 18.2 Å². The number of carbonyl (C=O) groups is 2. The predicted octanol–water partition coefficient (Wildman–Crippen LogP) is 4.49. The van der Waals surface area contributed by atoms with Crippen molar-refractivity contribution in [2.24, 2.45) is 5.92 Å². The normalized spacial score (nSPS) is 13.8. The Morgan fingerprint density at radius 2 is 1.46 bits per heavy atom. The Balaban J connectivity index is 3.06. The third-order valence-electron chi connectivity index (χ3n) is 3.37. The topological polar surface area (TPSA) is 75.6 Å². The number of carboxylic acid groups (broad SMARTS) is 1. The van der Waals surface area contributed by atoms with Crippen molar-refractivity contribution in [1.29, 1.82) is 0 Å². The van der Waals surface area contributed by atoms with Gasteiger partial charge >= 0.3 is 24.4 Å². The molecule has 5 nitrogen and oxygen atoms in total. The Labute approximate surface area is 156 Å². The average Bonchev–Trinajstić information content (AvgIpc) is 2.47. The van der Waals surface area contributed by atoms with Gasteiger partial charge in [0.15, 0.2) is 0 Å². The Hall–Kier alpha value is -2.46. The van der Waals surface area contributed by atoms with Crippen LogP contribution in [0.25, 0.3) is 0 Å². The standard InChI is InChI=1S/C17H19F6NO4/c1-15(2,3)28-14(27)24-8-10(13(25)26)4-9-5-11(16(18,19)20)7-12(6-9)17(21,22)23/h5-7,10H,4,8H2,1-3H3,(H,24,27)(H,25,26). The van der Waals surface area contributed by atoms with Crippen LogP contribution in [0, 0.1) is 5.92 Å². The molecule has 11 heteroatoms. The zero-order valence-corrected chi connectivity index (χ0v) is 15.2. The third kappa shape index (κ3) is 7.65. The number of carbonyl (C=O) groups excluding carboxylic acids is 1. The van der Waals surface area contributed by atoms with E-state index in [0.717, 1.165) is 0 Å². The van der Waals surface area contributed by atoms with Gasteiger partial charge in [0.25, 0.3) is 0 Å². The number of carboxylic acids is 1. The third-order valence-corrected chi connectivity index (χ3v) is 3.37. The van der Waals surface area contributed by atoms with Crippen molar-refractivity contribution in [3.63, 3.8) is 0 Å². The highest BCUT2D eigenvalue weighted by molar-refractivity contribution is 5.73. The summed E-state index contributed by atoms with van der Waals surface area (Å²) < 4.78 is 82.2. The number of halogens is 6. The second-order valence-electron chi connectivity index (χ2n) is 7.04. The molecule has 1 aromatic carbocycles. The largest absolute Gasteiger partial charge is 0.481 e. The summed E-state index contributed by atoms with van der Waals surface area (Å²) in [6.45, 7) is 4.13. The molecule has 158 valence electrons. The molecule has 1 aromatic rings. The van der Waals surface area contributed by atoms with E-state index in [-0.39, 0.29) is 6.07 Å². The molecule has 0 aromatic heterocycles. The fourth-order valence-corrected chi connectivity index (χ4v) is 2.19. The number of alkyl halides is 6. The predicted molar refractivity (Wildman–Crippen MR) is 85.5 cm³/mol. The number of rotatable bonds is 5. The van der Waals surface area contributed by atoms with Crippen LogP contribution in [0.3, 0.4) is 0 Å². The molecule has 2 N–H and O–H groups in total. The number of hydrogen-bond donors (Lipinski definition) is 2. The van der Waals surface area contributed by atoms with Crippen LogP contribution in [-0.2, 0) is 28.3 Å². The number of ether oxygens (including phenoxy) is 1. The molecule has 0 fully saturated rings. The lowest BCUT2D eigenvalue weighted by molar-refractivity contribution is -0.143. The van der Waals surface area contributed by atoms with Crippen molar-refractivity contribution in [3.8, 4) is 0 Å². The lowest BCUT2D eigenvalue weighted by Crippen LogP contribution is -2.37. The summed E-state index contributed by atoms with van der Waals surface area (Å²) in [5, 5.41) is 11.3. The van der Waals surface area contributed by atoms with Gasteiger partial charge in [-0.3, -0.25) is 4.79 Å². The van der Waals surface area contributed by atoms with Gasteiger partial charge in [0, 0.05) is 6.54 Å². The van der Waals surface area contributed by atoms with Gasteiger partial charge in [-0.05, 0) is 51.0 Å². The molecule has 0 radical (unpaired) electrons. The van der Waals surface area contributed by atoms with Crippen LogP contribution in [0.5, 0.6) is 0 Å². The maximum absolute atomic E-state index is 12.9. The van der Waals surface area contributed by atoms with Crippen LogP contribution in [-0.4, -0.2) is 29.3 Å².